The van der Waals surface area contributed by atoms with Gasteiger partial charge in [0.15, 0.2) is 0 Å². The molecule has 0 radical (unpaired) electrons. The van der Waals surface area contributed by atoms with Crippen LogP contribution in [0.1, 0.15) is 6.42 Å². The first-order valence-corrected chi connectivity index (χ1v) is 7.71. The van der Waals surface area contributed by atoms with E-state index in [1.165, 1.54) is 0 Å². The molecule has 0 fully saturated rings. The van der Waals surface area contributed by atoms with Crippen LogP contribution >= 0.6 is 0 Å². The second-order valence-corrected chi connectivity index (χ2v) is 6.89. The first-order chi connectivity index (χ1) is 8.65. The van der Waals surface area contributed by atoms with E-state index in [2.05, 4.69) is 0 Å². The Morgan fingerprint density at radius 2 is 1.61 bits per heavy atom. The molecular weight excluding hydrogens is 250 g/mol. The van der Waals surface area contributed by atoms with Crippen molar-refractivity contribution in [2.75, 3.05) is 21.3 Å². The highest BCUT2D eigenvalue weighted by atomic mass is 28.4. The zero-order valence-corrected chi connectivity index (χ0v) is 12.1. The quantitative estimate of drug-likeness (QED) is 0.575. The summed E-state index contributed by atoms with van der Waals surface area (Å²) in [7, 11) is 2.20. The van der Waals surface area contributed by atoms with Crippen LogP contribution in [0, 0.1) is 0 Å². The van der Waals surface area contributed by atoms with E-state index < -0.39 is 15.0 Å². The number of ether oxygens (including phenoxy) is 1. The SMILES string of the molecule is CO[Si](CC[C@H](N)Oc1ccccc1)(OC)OC. The van der Waals surface area contributed by atoms with Crippen molar-refractivity contribution in [3.63, 3.8) is 0 Å². The molecule has 0 aliphatic heterocycles. The molecule has 0 unspecified atom stereocenters. The van der Waals surface area contributed by atoms with Crippen LogP contribution < -0.4 is 10.5 Å². The Hall–Kier alpha value is -0.923. The van der Waals surface area contributed by atoms with Crippen molar-refractivity contribution < 1.29 is 18.0 Å². The van der Waals surface area contributed by atoms with E-state index in [1.807, 2.05) is 30.3 Å². The summed E-state index contributed by atoms with van der Waals surface area (Å²) in [4.78, 5) is 0. The molecule has 1 rings (SSSR count). The predicted molar refractivity (Wildman–Crippen MR) is 71.3 cm³/mol. The number of hydrogen-bond donors (Lipinski definition) is 1. The van der Waals surface area contributed by atoms with E-state index in [0.29, 0.717) is 12.5 Å². The van der Waals surface area contributed by atoms with Crippen LogP contribution in [-0.4, -0.2) is 36.4 Å². The minimum atomic E-state index is -2.56. The number of nitrogens with two attached hydrogens (primary N) is 1. The Labute approximate surface area is 109 Å². The zero-order valence-electron chi connectivity index (χ0n) is 11.1. The monoisotopic (exact) mass is 271 g/mol. The first-order valence-electron chi connectivity index (χ1n) is 5.78. The zero-order chi connectivity index (χ0) is 13.4. The minimum absolute atomic E-state index is 0.403. The van der Waals surface area contributed by atoms with Crippen LogP contribution in [0.3, 0.4) is 0 Å². The number of para-hydroxylation sites is 1. The highest BCUT2D eigenvalue weighted by Crippen LogP contribution is 2.18. The molecule has 1 atom stereocenters. The van der Waals surface area contributed by atoms with Crippen LogP contribution in [0.4, 0.5) is 0 Å². The van der Waals surface area contributed by atoms with Crippen LogP contribution in [0.25, 0.3) is 0 Å². The van der Waals surface area contributed by atoms with E-state index in [1.54, 1.807) is 21.3 Å². The largest absolute Gasteiger partial charge is 0.500 e. The van der Waals surface area contributed by atoms with Crippen molar-refractivity contribution in [3.05, 3.63) is 30.3 Å². The lowest BCUT2D eigenvalue weighted by Gasteiger charge is -2.25. The molecule has 0 aliphatic carbocycles. The Kier molecular flexibility index (Phi) is 6.30. The van der Waals surface area contributed by atoms with Gasteiger partial charge in [-0.25, -0.2) is 0 Å². The first kappa shape index (κ1) is 15.1. The van der Waals surface area contributed by atoms with E-state index in [0.717, 1.165) is 5.75 Å². The Morgan fingerprint density at radius 3 is 2.11 bits per heavy atom. The van der Waals surface area contributed by atoms with Gasteiger partial charge in [0.1, 0.15) is 12.0 Å². The second-order valence-electron chi connectivity index (χ2n) is 3.80. The van der Waals surface area contributed by atoms with Crippen LogP contribution in [0.5, 0.6) is 5.75 Å². The standard InChI is InChI=1S/C12H21NO4Si/c1-14-18(15-2,16-3)10-9-12(13)17-11-7-5-4-6-8-11/h4-8,12H,9-10,13H2,1-3H3/t12-/m1/s1. The molecule has 6 heteroatoms. The van der Waals surface area contributed by atoms with Gasteiger partial charge in [-0.15, -0.1) is 0 Å². The number of rotatable bonds is 8. The lowest BCUT2D eigenvalue weighted by Crippen LogP contribution is -2.44. The average molecular weight is 271 g/mol. The summed E-state index contributed by atoms with van der Waals surface area (Å²) in [6.07, 6.45) is 0.205. The van der Waals surface area contributed by atoms with E-state index in [9.17, 15) is 0 Å². The van der Waals surface area contributed by atoms with Crippen molar-refractivity contribution in [3.8, 4) is 5.75 Å². The molecular formula is C12H21NO4Si. The Balaban J connectivity index is 2.43. The van der Waals surface area contributed by atoms with Gasteiger partial charge in [-0.05, 0) is 12.1 Å². The molecule has 5 nitrogen and oxygen atoms in total. The third-order valence-corrected chi connectivity index (χ3v) is 5.47. The summed E-state index contributed by atoms with van der Waals surface area (Å²) in [5.74, 6) is 0.754. The molecule has 18 heavy (non-hydrogen) atoms. The van der Waals surface area contributed by atoms with E-state index in [-0.39, 0.29) is 0 Å². The van der Waals surface area contributed by atoms with Crippen molar-refractivity contribution in [1.82, 2.24) is 0 Å². The van der Waals surface area contributed by atoms with Gasteiger partial charge in [-0.2, -0.15) is 0 Å². The van der Waals surface area contributed by atoms with Crippen molar-refractivity contribution >= 4 is 8.80 Å². The van der Waals surface area contributed by atoms with Gasteiger partial charge >= 0.3 is 8.80 Å². The highest BCUT2D eigenvalue weighted by molar-refractivity contribution is 6.60. The maximum Gasteiger partial charge on any atom is 0.500 e. The summed E-state index contributed by atoms with van der Waals surface area (Å²) >= 11 is 0. The topological polar surface area (TPSA) is 62.9 Å². The third kappa shape index (κ3) is 4.39. The maximum atomic E-state index is 5.91. The maximum absolute atomic E-state index is 5.91. The summed E-state index contributed by atoms with van der Waals surface area (Å²) < 4.78 is 21.5. The van der Waals surface area contributed by atoms with Crippen LogP contribution in [0.2, 0.25) is 6.04 Å². The fraction of sp³-hybridized carbons (Fsp3) is 0.500. The van der Waals surface area contributed by atoms with Crippen molar-refractivity contribution in [2.45, 2.75) is 18.7 Å². The second kappa shape index (κ2) is 7.50. The Bertz CT molecular complexity index is 324. The molecule has 0 spiro atoms. The summed E-state index contributed by atoms with van der Waals surface area (Å²) in [6.45, 7) is 0. The fourth-order valence-electron chi connectivity index (χ4n) is 1.61. The van der Waals surface area contributed by atoms with Gasteiger partial charge < -0.3 is 18.0 Å². The van der Waals surface area contributed by atoms with Gasteiger partial charge in [0, 0.05) is 33.8 Å². The van der Waals surface area contributed by atoms with Crippen LogP contribution in [0.15, 0.2) is 30.3 Å². The molecule has 102 valence electrons. The van der Waals surface area contributed by atoms with Gasteiger partial charge in [0.2, 0.25) is 0 Å². The lowest BCUT2D eigenvalue weighted by atomic mass is 10.3. The van der Waals surface area contributed by atoms with Gasteiger partial charge in [0.25, 0.3) is 0 Å². The smallest absolute Gasteiger partial charge is 0.476 e. The lowest BCUT2D eigenvalue weighted by molar-refractivity contribution is 0.115. The molecule has 1 aromatic rings. The molecule has 0 aliphatic rings. The van der Waals surface area contributed by atoms with Crippen molar-refractivity contribution in [2.24, 2.45) is 5.73 Å². The van der Waals surface area contributed by atoms with Crippen LogP contribution in [-0.2, 0) is 13.3 Å². The molecule has 0 bridgehead atoms. The third-order valence-electron chi connectivity index (χ3n) is 2.70. The fourth-order valence-corrected chi connectivity index (χ4v) is 3.36. The summed E-state index contributed by atoms with van der Waals surface area (Å²) in [5, 5.41) is 0. The molecule has 0 heterocycles. The molecule has 0 aromatic heterocycles. The van der Waals surface area contributed by atoms with Gasteiger partial charge in [-0.3, -0.25) is 5.73 Å². The minimum Gasteiger partial charge on any atom is -0.476 e. The molecule has 1 aromatic carbocycles. The molecule has 2 N–H and O–H groups in total. The van der Waals surface area contributed by atoms with E-state index in [4.69, 9.17) is 23.7 Å². The summed E-state index contributed by atoms with van der Waals surface area (Å²) in [5.41, 5.74) is 5.91. The number of benzene rings is 1. The molecule has 0 amide bonds. The van der Waals surface area contributed by atoms with E-state index >= 15 is 0 Å². The van der Waals surface area contributed by atoms with Gasteiger partial charge in [-0.1, -0.05) is 18.2 Å². The average Bonchev–Trinajstić information content (AvgIpc) is 2.42. The van der Waals surface area contributed by atoms with Gasteiger partial charge in [0.05, 0.1) is 0 Å². The molecule has 0 saturated heterocycles. The predicted octanol–water partition coefficient (Wildman–Crippen LogP) is 1.62. The normalized spacial score (nSPS) is 13.3. The number of hydrogen-bond acceptors (Lipinski definition) is 5. The Morgan fingerprint density at radius 1 is 1.06 bits per heavy atom. The van der Waals surface area contributed by atoms with Crippen molar-refractivity contribution in [1.29, 1.82) is 0 Å². The molecule has 0 saturated carbocycles. The summed E-state index contributed by atoms with van der Waals surface area (Å²) in [6, 6.07) is 10.1. The highest BCUT2D eigenvalue weighted by Gasteiger charge is 2.37.